The molecular formula is C18H29IN4O2S. The predicted molar refractivity (Wildman–Crippen MR) is 120 cm³/mol. The summed E-state index contributed by atoms with van der Waals surface area (Å²) in [5.41, 5.74) is 1.08. The molecule has 1 fully saturated rings. The summed E-state index contributed by atoms with van der Waals surface area (Å²) in [6.07, 6.45) is 2.59. The van der Waals surface area contributed by atoms with Crippen molar-refractivity contribution in [2.45, 2.75) is 24.6 Å². The average Bonchev–Trinajstić information content (AvgIpc) is 3.13. The molecule has 1 aromatic rings. The number of hydrogen-bond acceptors (Lipinski definition) is 4. The molecule has 1 aliphatic heterocycles. The smallest absolute Gasteiger partial charge is 0.259 e. The van der Waals surface area contributed by atoms with Crippen LogP contribution in [0.15, 0.2) is 29.3 Å². The lowest BCUT2D eigenvalue weighted by Gasteiger charge is -2.15. The number of likely N-dealkylation sites (N-methyl/N-ethyl adjacent to an activating group) is 1. The van der Waals surface area contributed by atoms with Gasteiger partial charge in [-0.3, -0.25) is 9.79 Å². The second kappa shape index (κ2) is 12.3. The van der Waals surface area contributed by atoms with Crippen LogP contribution < -0.4 is 15.4 Å². The van der Waals surface area contributed by atoms with Crippen LogP contribution in [0.2, 0.25) is 0 Å². The first kappa shape index (κ1) is 22.9. The molecule has 1 aliphatic rings. The van der Waals surface area contributed by atoms with Crippen LogP contribution in [-0.2, 0) is 11.3 Å². The first-order valence-corrected chi connectivity index (χ1v) is 9.61. The summed E-state index contributed by atoms with van der Waals surface area (Å²) < 4.78 is 5.55. The van der Waals surface area contributed by atoms with Crippen molar-refractivity contribution in [3.63, 3.8) is 0 Å². The molecule has 0 aliphatic carbocycles. The van der Waals surface area contributed by atoms with Gasteiger partial charge in [-0.05, 0) is 36.3 Å². The minimum atomic E-state index is -0.0575. The maximum absolute atomic E-state index is 11.6. The average molecular weight is 492 g/mol. The fraction of sp³-hybridized carbons (Fsp3) is 0.556. The highest BCUT2D eigenvalue weighted by Gasteiger charge is 2.15. The number of carbonyl (C=O) groups excluding carboxylic acids is 1. The van der Waals surface area contributed by atoms with Crippen LogP contribution in [0.3, 0.4) is 0 Å². The maximum Gasteiger partial charge on any atom is 0.259 e. The summed E-state index contributed by atoms with van der Waals surface area (Å²) in [7, 11) is 5.22. The molecule has 2 N–H and O–H groups in total. The summed E-state index contributed by atoms with van der Waals surface area (Å²) >= 11 is 2.03. The van der Waals surface area contributed by atoms with Crippen LogP contribution in [0.4, 0.5) is 0 Å². The van der Waals surface area contributed by atoms with Crippen molar-refractivity contribution in [2.24, 2.45) is 4.99 Å². The van der Waals surface area contributed by atoms with Gasteiger partial charge in [-0.15, -0.1) is 24.0 Å². The number of ether oxygens (including phenoxy) is 1. The fourth-order valence-corrected chi connectivity index (χ4v) is 3.64. The molecule has 6 nitrogen and oxygen atoms in total. The zero-order valence-electron chi connectivity index (χ0n) is 15.7. The number of guanidine groups is 1. The Bertz CT molecular complexity index is 592. The van der Waals surface area contributed by atoms with Gasteiger partial charge in [0, 0.05) is 39.5 Å². The lowest BCUT2D eigenvalue weighted by Crippen LogP contribution is -2.39. The van der Waals surface area contributed by atoms with E-state index in [1.165, 1.54) is 23.5 Å². The molecule has 8 heteroatoms. The molecule has 0 radical (unpaired) electrons. The molecule has 0 spiro atoms. The van der Waals surface area contributed by atoms with Crippen molar-refractivity contribution in [3.05, 3.63) is 29.8 Å². The van der Waals surface area contributed by atoms with Gasteiger partial charge < -0.3 is 20.3 Å². The Balaban J connectivity index is 0.00000338. The van der Waals surface area contributed by atoms with Crippen molar-refractivity contribution in [2.75, 3.05) is 40.0 Å². The van der Waals surface area contributed by atoms with Gasteiger partial charge in [0.2, 0.25) is 0 Å². The van der Waals surface area contributed by atoms with E-state index in [0.717, 1.165) is 18.1 Å². The van der Waals surface area contributed by atoms with Crippen molar-refractivity contribution in [1.82, 2.24) is 15.5 Å². The minimum absolute atomic E-state index is 0. The third-order valence-electron chi connectivity index (χ3n) is 3.96. The lowest BCUT2D eigenvalue weighted by atomic mass is 10.2. The Morgan fingerprint density at radius 3 is 2.85 bits per heavy atom. The third kappa shape index (κ3) is 8.03. The predicted octanol–water partition coefficient (Wildman–Crippen LogP) is 2.33. The summed E-state index contributed by atoms with van der Waals surface area (Å²) in [6.45, 7) is 1.64. The molecule has 0 saturated carbocycles. The van der Waals surface area contributed by atoms with Crippen LogP contribution in [0.1, 0.15) is 18.4 Å². The van der Waals surface area contributed by atoms with Crippen LogP contribution in [0, 0.1) is 0 Å². The molecule has 1 saturated heterocycles. The van der Waals surface area contributed by atoms with Gasteiger partial charge in [0.15, 0.2) is 12.6 Å². The van der Waals surface area contributed by atoms with Crippen LogP contribution >= 0.6 is 35.7 Å². The number of nitrogens with one attached hydrogen (secondary N) is 2. The Labute approximate surface area is 177 Å². The van der Waals surface area contributed by atoms with Gasteiger partial charge >= 0.3 is 0 Å². The number of nitrogens with zero attached hydrogens (tertiary/aromatic N) is 2. The van der Waals surface area contributed by atoms with Crippen LogP contribution in [0.25, 0.3) is 0 Å². The second-order valence-electron chi connectivity index (χ2n) is 6.17. The van der Waals surface area contributed by atoms with E-state index in [2.05, 4.69) is 15.6 Å². The number of hydrogen-bond donors (Lipinski definition) is 2. The van der Waals surface area contributed by atoms with E-state index in [4.69, 9.17) is 4.74 Å². The Morgan fingerprint density at radius 1 is 1.38 bits per heavy atom. The normalized spacial score (nSPS) is 16.6. The topological polar surface area (TPSA) is 66.0 Å². The third-order valence-corrected chi connectivity index (χ3v) is 5.36. The Morgan fingerprint density at radius 2 is 2.19 bits per heavy atom. The summed E-state index contributed by atoms with van der Waals surface area (Å²) in [5, 5.41) is 7.39. The molecule has 0 bridgehead atoms. The Hall–Kier alpha value is -1.16. The largest absolute Gasteiger partial charge is 0.484 e. The number of halogens is 1. The Kier molecular flexibility index (Phi) is 10.8. The number of thioether (sulfide) groups is 1. The van der Waals surface area contributed by atoms with E-state index in [9.17, 15) is 4.79 Å². The number of amides is 1. The van der Waals surface area contributed by atoms with Gasteiger partial charge in [0.25, 0.3) is 5.91 Å². The highest BCUT2D eigenvalue weighted by Crippen LogP contribution is 2.25. The summed E-state index contributed by atoms with van der Waals surface area (Å²) in [4.78, 5) is 17.4. The molecular weight excluding hydrogens is 463 g/mol. The van der Waals surface area contributed by atoms with Crippen molar-refractivity contribution < 1.29 is 9.53 Å². The number of rotatable bonds is 7. The molecule has 1 unspecified atom stereocenters. The monoisotopic (exact) mass is 492 g/mol. The van der Waals surface area contributed by atoms with Crippen molar-refractivity contribution in [1.29, 1.82) is 0 Å². The number of carbonyl (C=O) groups is 1. The van der Waals surface area contributed by atoms with E-state index >= 15 is 0 Å². The summed E-state index contributed by atoms with van der Waals surface area (Å²) in [6, 6.07) is 7.75. The summed E-state index contributed by atoms with van der Waals surface area (Å²) in [5.74, 6) is 2.71. The quantitative estimate of drug-likeness (QED) is 0.348. The van der Waals surface area contributed by atoms with Gasteiger partial charge in [0.05, 0.1) is 0 Å². The zero-order valence-corrected chi connectivity index (χ0v) is 18.8. The van der Waals surface area contributed by atoms with Gasteiger partial charge in [-0.2, -0.15) is 11.8 Å². The molecule has 2 rings (SSSR count). The van der Waals surface area contributed by atoms with Gasteiger partial charge in [-0.1, -0.05) is 12.1 Å². The molecule has 146 valence electrons. The van der Waals surface area contributed by atoms with Crippen LogP contribution in [-0.4, -0.2) is 62.1 Å². The van der Waals surface area contributed by atoms with Crippen LogP contribution in [0.5, 0.6) is 5.75 Å². The minimum Gasteiger partial charge on any atom is -0.484 e. The highest BCUT2D eigenvalue weighted by atomic mass is 127. The van der Waals surface area contributed by atoms with E-state index in [-0.39, 0.29) is 36.5 Å². The molecule has 1 aromatic carbocycles. The lowest BCUT2D eigenvalue weighted by molar-refractivity contribution is -0.130. The van der Waals surface area contributed by atoms with E-state index in [1.807, 2.05) is 36.0 Å². The zero-order chi connectivity index (χ0) is 18.1. The first-order chi connectivity index (χ1) is 12.1. The van der Waals surface area contributed by atoms with E-state index in [0.29, 0.717) is 17.5 Å². The molecule has 1 heterocycles. The SMILES string of the molecule is CN=C(NCc1cccc(OCC(=O)N(C)C)c1)NCC1CCCS1.I. The highest BCUT2D eigenvalue weighted by molar-refractivity contribution is 14.0. The van der Waals surface area contributed by atoms with E-state index < -0.39 is 0 Å². The maximum atomic E-state index is 11.6. The van der Waals surface area contributed by atoms with Crippen molar-refractivity contribution in [3.8, 4) is 5.75 Å². The molecule has 1 amide bonds. The standard InChI is InChI=1S/C18H28N4O2S.HI/c1-19-18(21-12-16-8-5-9-25-16)20-11-14-6-4-7-15(10-14)24-13-17(23)22(2)3;/h4,6-7,10,16H,5,8-9,11-13H2,1-3H3,(H2,19,20,21);1H. The first-order valence-electron chi connectivity index (χ1n) is 8.56. The van der Waals surface area contributed by atoms with E-state index in [1.54, 1.807) is 21.1 Å². The number of aliphatic imine (C=N–C) groups is 1. The van der Waals surface area contributed by atoms with Gasteiger partial charge in [-0.25, -0.2) is 0 Å². The van der Waals surface area contributed by atoms with Crippen molar-refractivity contribution >= 4 is 47.6 Å². The second-order valence-corrected chi connectivity index (χ2v) is 7.57. The molecule has 26 heavy (non-hydrogen) atoms. The number of benzene rings is 1. The van der Waals surface area contributed by atoms with Gasteiger partial charge in [0.1, 0.15) is 5.75 Å². The molecule has 0 aromatic heterocycles. The fourth-order valence-electron chi connectivity index (χ4n) is 2.44. The molecule has 1 atom stereocenters.